The number of likely N-dealkylation sites (N-methyl/N-ethyl adjacent to an activating group) is 1. The van der Waals surface area contributed by atoms with Crippen molar-refractivity contribution >= 4 is 52.2 Å². The zero-order valence-corrected chi connectivity index (χ0v) is 20.6. The number of aliphatic imine (C=N–C) groups is 1. The lowest BCUT2D eigenvalue weighted by Gasteiger charge is -2.32. The van der Waals surface area contributed by atoms with Crippen molar-refractivity contribution in [2.75, 3.05) is 33.7 Å². The maximum atomic E-state index is 12.6. The molecular weight excluding hydrogens is 477 g/mol. The second-order valence-corrected chi connectivity index (χ2v) is 9.50. The van der Waals surface area contributed by atoms with Gasteiger partial charge in [0.05, 0.1) is 15.8 Å². The van der Waals surface area contributed by atoms with Gasteiger partial charge in [-0.05, 0) is 44.6 Å². The van der Waals surface area contributed by atoms with E-state index in [1.54, 1.807) is 18.2 Å². The number of carbonyl (C=O) groups excluding carboxylic acids is 2. The Hall–Kier alpha value is -2.59. The minimum atomic E-state index is -0.609. The molecule has 11 heteroatoms. The molecule has 2 N–H and O–H groups in total. The largest absolute Gasteiger partial charge is 0.339 e. The van der Waals surface area contributed by atoms with Crippen molar-refractivity contribution in [3.05, 3.63) is 46.0 Å². The number of halogens is 2. The van der Waals surface area contributed by atoms with Crippen LogP contribution in [0.25, 0.3) is 0 Å². The van der Waals surface area contributed by atoms with Gasteiger partial charge in [-0.25, -0.2) is 4.99 Å². The third-order valence-corrected chi connectivity index (χ3v) is 6.61. The van der Waals surface area contributed by atoms with Crippen LogP contribution in [0.3, 0.4) is 0 Å². The van der Waals surface area contributed by atoms with Gasteiger partial charge in [0.2, 0.25) is 5.91 Å². The van der Waals surface area contributed by atoms with E-state index in [4.69, 9.17) is 23.2 Å². The highest BCUT2D eigenvalue weighted by Gasteiger charge is 2.38. The fourth-order valence-electron chi connectivity index (χ4n) is 4.03. The lowest BCUT2D eigenvalue weighted by atomic mass is 9.88. The molecule has 3 aliphatic rings. The molecule has 1 unspecified atom stereocenters. The second kappa shape index (κ2) is 10.8. The maximum Gasteiger partial charge on any atom is 0.276 e. The summed E-state index contributed by atoms with van der Waals surface area (Å²) < 4.78 is 0. The summed E-state index contributed by atoms with van der Waals surface area (Å²) in [5, 5.41) is 15.3. The number of likely N-dealkylation sites (tertiary alicyclic amines) is 1. The molecule has 1 fully saturated rings. The first-order chi connectivity index (χ1) is 16.3. The van der Waals surface area contributed by atoms with Gasteiger partial charge < -0.3 is 15.1 Å². The molecule has 0 saturated carbocycles. The molecule has 4 rings (SSSR count). The Morgan fingerprint density at radius 2 is 1.97 bits per heavy atom. The van der Waals surface area contributed by atoms with Gasteiger partial charge in [-0.3, -0.25) is 14.9 Å². The molecule has 0 bridgehead atoms. The normalized spacial score (nSPS) is 20.9. The zero-order valence-electron chi connectivity index (χ0n) is 19.1. The number of fused-ring (bicyclic) bond motifs is 1. The Morgan fingerprint density at radius 3 is 2.68 bits per heavy atom. The van der Waals surface area contributed by atoms with Gasteiger partial charge in [0.1, 0.15) is 5.71 Å². The molecule has 180 valence electrons. The highest BCUT2D eigenvalue weighted by molar-refractivity contribution is 6.83. The number of rotatable bonds is 7. The number of carbonyl (C=O) groups is 2. The molecule has 0 aromatic heterocycles. The summed E-state index contributed by atoms with van der Waals surface area (Å²) in [7, 11) is 3.92. The first-order valence-corrected chi connectivity index (χ1v) is 11.9. The van der Waals surface area contributed by atoms with Crippen LogP contribution in [-0.2, 0) is 16.1 Å². The third kappa shape index (κ3) is 5.72. The van der Waals surface area contributed by atoms with Gasteiger partial charge in [0.15, 0.2) is 12.0 Å². The third-order valence-electron chi connectivity index (χ3n) is 5.87. The van der Waals surface area contributed by atoms with Crippen molar-refractivity contribution in [1.82, 2.24) is 20.4 Å². The molecular formula is C23H27Cl2N7O2. The van der Waals surface area contributed by atoms with Crippen LogP contribution in [0.15, 0.2) is 45.5 Å². The molecule has 1 aromatic carbocycles. The van der Waals surface area contributed by atoms with Crippen molar-refractivity contribution in [3.63, 3.8) is 0 Å². The summed E-state index contributed by atoms with van der Waals surface area (Å²) in [4.78, 5) is 33.5. The molecule has 9 nitrogen and oxygen atoms in total. The molecule has 3 aliphatic heterocycles. The smallest absolute Gasteiger partial charge is 0.276 e. The summed E-state index contributed by atoms with van der Waals surface area (Å²) in [5.74, 6) is -0.197. The van der Waals surface area contributed by atoms with Crippen LogP contribution in [0.1, 0.15) is 18.4 Å². The molecule has 0 aliphatic carbocycles. The fourth-order valence-corrected chi connectivity index (χ4v) is 4.35. The Labute approximate surface area is 208 Å². The van der Waals surface area contributed by atoms with E-state index in [2.05, 4.69) is 25.8 Å². The van der Waals surface area contributed by atoms with Gasteiger partial charge in [-0.2, -0.15) is 5.10 Å². The molecule has 0 radical (unpaired) electrons. The number of piperidine rings is 1. The Morgan fingerprint density at radius 1 is 1.21 bits per heavy atom. The summed E-state index contributed by atoms with van der Waals surface area (Å²) in [6, 6.07) is 5.36. The monoisotopic (exact) mass is 503 g/mol. The van der Waals surface area contributed by atoms with Gasteiger partial charge >= 0.3 is 0 Å². The van der Waals surface area contributed by atoms with Crippen LogP contribution in [0.4, 0.5) is 0 Å². The average molecular weight is 504 g/mol. The first-order valence-electron chi connectivity index (χ1n) is 11.1. The average Bonchev–Trinajstić information content (AvgIpc) is 3.24. The van der Waals surface area contributed by atoms with E-state index in [0.29, 0.717) is 35.4 Å². The van der Waals surface area contributed by atoms with E-state index in [9.17, 15) is 9.59 Å². The molecule has 1 atom stereocenters. The lowest BCUT2D eigenvalue weighted by molar-refractivity contribution is -0.127. The maximum absolute atomic E-state index is 12.6. The standard InChI is InChI=1S/C23H27Cl2N7O2/c1-31(2)9-3-4-18(33)32-10-7-15(8-11-32)19-20-21(30-29-19)22(34)28-23(27-20)26-13-14-5-6-16(24)17(25)12-14/h3-6,12,15,23,26H,7-11,13H2,1-2H3,(H,28,34)/b4-3+. The van der Waals surface area contributed by atoms with Crippen molar-refractivity contribution in [2.45, 2.75) is 25.7 Å². The van der Waals surface area contributed by atoms with Crippen LogP contribution < -0.4 is 10.6 Å². The molecule has 1 aromatic rings. The quantitative estimate of drug-likeness (QED) is 0.556. The molecule has 1 saturated heterocycles. The molecule has 2 amide bonds. The minimum Gasteiger partial charge on any atom is -0.339 e. The van der Waals surface area contributed by atoms with Crippen LogP contribution >= 0.6 is 23.2 Å². The SMILES string of the molecule is CN(C)C/C=C/C(=O)N1CCC(C2=NN=C3C(=O)NC(NCc4ccc(Cl)c(Cl)c4)N=C32)CC1. The van der Waals surface area contributed by atoms with E-state index in [1.165, 1.54) is 0 Å². The number of hydrogen-bond acceptors (Lipinski definition) is 7. The zero-order chi connectivity index (χ0) is 24.2. The summed E-state index contributed by atoms with van der Waals surface area (Å²) in [6.07, 6.45) is 4.39. The van der Waals surface area contributed by atoms with Gasteiger partial charge in [-0.1, -0.05) is 35.3 Å². The van der Waals surface area contributed by atoms with E-state index in [1.807, 2.05) is 36.0 Å². The van der Waals surface area contributed by atoms with E-state index in [-0.39, 0.29) is 23.4 Å². The van der Waals surface area contributed by atoms with Crippen LogP contribution in [0, 0.1) is 5.92 Å². The van der Waals surface area contributed by atoms with E-state index < -0.39 is 6.29 Å². The molecule has 34 heavy (non-hydrogen) atoms. The van der Waals surface area contributed by atoms with Crippen molar-refractivity contribution in [1.29, 1.82) is 0 Å². The Bertz CT molecular complexity index is 1090. The lowest BCUT2D eigenvalue weighted by Crippen LogP contribution is -2.54. The van der Waals surface area contributed by atoms with Crippen molar-refractivity contribution < 1.29 is 9.59 Å². The molecule has 0 spiro atoms. The van der Waals surface area contributed by atoms with Gasteiger partial charge in [-0.15, -0.1) is 5.10 Å². The predicted molar refractivity (Wildman–Crippen MR) is 135 cm³/mol. The summed E-state index contributed by atoms with van der Waals surface area (Å²) >= 11 is 12.1. The Kier molecular flexibility index (Phi) is 7.77. The van der Waals surface area contributed by atoms with Crippen LogP contribution in [0.5, 0.6) is 0 Å². The number of nitrogens with zero attached hydrogens (tertiary/aromatic N) is 5. The van der Waals surface area contributed by atoms with Crippen LogP contribution in [0.2, 0.25) is 10.0 Å². The number of nitrogens with one attached hydrogen (secondary N) is 2. The highest BCUT2D eigenvalue weighted by atomic mass is 35.5. The van der Waals surface area contributed by atoms with Crippen molar-refractivity contribution in [3.8, 4) is 0 Å². The number of amides is 2. The first kappa shape index (κ1) is 24.5. The second-order valence-electron chi connectivity index (χ2n) is 8.68. The Balaban J connectivity index is 1.36. The predicted octanol–water partition coefficient (Wildman–Crippen LogP) is 2.10. The minimum absolute atomic E-state index is 0.0200. The van der Waals surface area contributed by atoms with Gasteiger partial charge in [0, 0.05) is 38.2 Å². The molecule has 3 heterocycles. The van der Waals surface area contributed by atoms with Gasteiger partial charge in [0.25, 0.3) is 5.91 Å². The highest BCUT2D eigenvalue weighted by Crippen LogP contribution is 2.24. The summed E-state index contributed by atoms with van der Waals surface area (Å²) in [5.41, 5.74) is 2.42. The fraction of sp³-hybridized carbons (Fsp3) is 0.435. The number of hydrogen-bond donors (Lipinski definition) is 2. The summed E-state index contributed by atoms with van der Waals surface area (Å²) in [6.45, 7) is 2.42. The topological polar surface area (TPSA) is 102 Å². The number of benzene rings is 1. The van der Waals surface area contributed by atoms with Crippen molar-refractivity contribution in [2.24, 2.45) is 21.1 Å². The van der Waals surface area contributed by atoms with Crippen LogP contribution in [-0.4, -0.2) is 78.8 Å². The van der Waals surface area contributed by atoms with E-state index >= 15 is 0 Å². The van der Waals surface area contributed by atoms with E-state index in [0.717, 1.165) is 30.7 Å².